The van der Waals surface area contributed by atoms with Crippen LogP contribution < -0.4 is 32.3 Å². The molecule has 13 N–H and O–H groups in total. The van der Waals surface area contributed by atoms with Crippen molar-refractivity contribution in [2.24, 2.45) is 11.7 Å². The number of carboxylic acids is 1. The third kappa shape index (κ3) is 12.6. The summed E-state index contributed by atoms with van der Waals surface area (Å²) in [7, 11) is 0. The van der Waals surface area contributed by atoms with Crippen molar-refractivity contribution in [2.45, 2.75) is 114 Å². The van der Waals surface area contributed by atoms with Gasteiger partial charge in [0.2, 0.25) is 41.4 Å². The van der Waals surface area contributed by atoms with Gasteiger partial charge in [0.1, 0.15) is 42.3 Å². The number of hydrogen-bond acceptors (Lipinski definition) is 14. The van der Waals surface area contributed by atoms with E-state index in [2.05, 4.69) is 36.6 Å². The first kappa shape index (κ1) is 47.1. The van der Waals surface area contributed by atoms with Crippen LogP contribution in [-0.2, 0) is 44.8 Å². The van der Waals surface area contributed by atoms with E-state index in [0.717, 1.165) is 6.92 Å². The molecule has 3 heterocycles. The van der Waals surface area contributed by atoms with Crippen LogP contribution in [0.25, 0.3) is 0 Å². The zero-order valence-corrected chi connectivity index (χ0v) is 32.6. The number of aliphatic hydroxyl groups excluding tert-OH is 4. The second-order valence-electron chi connectivity index (χ2n) is 14.8. The number of carboxylic acid groups (broad SMARTS) is 1. The van der Waals surface area contributed by atoms with E-state index in [-0.39, 0.29) is 44.7 Å². The summed E-state index contributed by atoms with van der Waals surface area (Å²) in [6.45, 7) is 2.44. The molecule has 0 aliphatic carbocycles. The molecular formula is C35H56N10O13. The van der Waals surface area contributed by atoms with Gasteiger partial charge in [-0.2, -0.15) is 0 Å². The molecule has 1 aromatic heterocycles. The second kappa shape index (κ2) is 22.1. The number of amides is 7. The highest BCUT2D eigenvalue weighted by molar-refractivity contribution is 5.98. The molecule has 0 saturated carbocycles. The van der Waals surface area contributed by atoms with Crippen LogP contribution in [0.3, 0.4) is 0 Å². The summed E-state index contributed by atoms with van der Waals surface area (Å²) < 4.78 is 0. The van der Waals surface area contributed by atoms with Gasteiger partial charge < -0.3 is 72.6 Å². The van der Waals surface area contributed by atoms with Crippen LogP contribution in [-0.4, -0.2) is 180 Å². The highest BCUT2D eigenvalue weighted by atomic mass is 16.4. The van der Waals surface area contributed by atoms with Crippen LogP contribution >= 0.6 is 0 Å². The molecule has 7 amide bonds. The molecule has 23 heteroatoms. The molecule has 23 nitrogen and oxygen atoms in total. The Hall–Kier alpha value is -5.23. The van der Waals surface area contributed by atoms with Gasteiger partial charge in [0, 0.05) is 31.4 Å². The first-order chi connectivity index (χ1) is 27.4. The number of likely N-dealkylation sites (tertiary alicyclic amines) is 2. The highest BCUT2D eigenvalue weighted by Crippen LogP contribution is 2.26. The maximum Gasteiger partial charge on any atom is 0.328 e. The second-order valence-corrected chi connectivity index (χ2v) is 14.8. The van der Waals surface area contributed by atoms with Gasteiger partial charge in [-0.25, -0.2) is 9.78 Å². The highest BCUT2D eigenvalue weighted by Gasteiger charge is 2.44. The molecule has 3 rings (SSSR count). The number of aliphatic hydroxyl groups is 4. The lowest BCUT2D eigenvalue weighted by Crippen LogP contribution is -2.61. The van der Waals surface area contributed by atoms with E-state index in [9.17, 15) is 63.9 Å². The van der Waals surface area contributed by atoms with Gasteiger partial charge in [-0.3, -0.25) is 33.6 Å². The van der Waals surface area contributed by atoms with Crippen molar-refractivity contribution in [3.8, 4) is 0 Å². The van der Waals surface area contributed by atoms with Crippen molar-refractivity contribution in [1.29, 1.82) is 0 Å². The predicted molar refractivity (Wildman–Crippen MR) is 199 cm³/mol. The van der Waals surface area contributed by atoms with Crippen molar-refractivity contribution >= 4 is 47.3 Å². The fourth-order valence-electron chi connectivity index (χ4n) is 6.71. The Labute approximate surface area is 333 Å². The minimum absolute atomic E-state index is 0.0762. The molecule has 0 aromatic carbocycles. The van der Waals surface area contributed by atoms with Crippen LogP contribution in [0.5, 0.6) is 0 Å². The SMILES string of the molecule is CC(C)C[C@H](NC(=O)[C@@H]1CCCN1C(=O)[C@@H]1CCCN1C(=O)[C@H](Cc1cnc[nH]1)NC(=O)[C@H](CO)NC(=O)[C@@H](N)CO)C(=O)N[C@@H](CO)C(=O)N[C@H](C(=O)O)[C@@H](C)O. The van der Waals surface area contributed by atoms with Crippen molar-refractivity contribution in [3.63, 3.8) is 0 Å². The van der Waals surface area contributed by atoms with E-state index in [1.54, 1.807) is 13.8 Å². The number of imidazole rings is 1. The number of rotatable bonds is 21. The van der Waals surface area contributed by atoms with Gasteiger partial charge in [-0.1, -0.05) is 13.8 Å². The van der Waals surface area contributed by atoms with Crippen LogP contribution in [0.4, 0.5) is 0 Å². The lowest BCUT2D eigenvalue weighted by Gasteiger charge is -2.33. The number of nitrogens with zero attached hydrogens (tertiary/aromatic N) is 3. The van der Waals surface area contributed by atoms with Gasteiger partial charge in [-0.05, 0) is 44.9 Å². The lowest BCUT2D eigenvalue weighted by molar-refractivity contribution is -0.148. The fourth-order valence-corrected chi connectivity index (χ4v) is 6.71. The summed E-state index contributed by atoms with van der Waals surface area (Å²) in [5.74, 6) is -7.40. The Morgan fingerprint density at radius 1 is 0.776 bits per heavy atom. The average Bonchev–Trinajstić information content (AvgIpc) is 3.99. The first-order valence-corrected chi connectivity index (χ1v) is 19.0. The number of hydrogen-bond donors (Lipinski definition) is 12. The van der Waals surface area contributed by atoms with Crippen molar-refractivity contribution in [3.05, 3.63) is 18.2 Å². The van der Waals surface area contributed by atoms with Gasteiger partial charge in [0.15, 0.2) is 6.04 Å². The Balaban J connectivity index is 1.77. The standard InChI is InChI=1S/C35H56N10O13/c1-17(2)10-21(29(51)42-24(15-48)31(53)43-27(18(3)49)35(57)58)39-32(54)25-6-4-8-44(25)34(56)26-7-5-9-45(26)33(55)22(11-19-12-37-16-38-19)40-30(52)23(14-47)41-28(50)20(36)13-46/h12,16-18,20-27,46-49H,4-11,13-15,36H2,1-3H3,(H,37,38)(H,39,54)(H,40,52)(H,41,50)(H,42,51)(H,43,53)(H,57,58)/t18-,20+,21+,22+,23+,24+,25+,26+,27+/m1/s1. The third-order valence-corrected chi connectivity index (χ3v) is 9.80. The summed E-state index contributed by atoms with van der Waals surface area (Å²) in [5, 5.41) is 59.6. The Kier molecular flexibility index (Phi) is 17.9. The van der Waals surface area contributed by atoms with E-state index in [0.29, 0.717) is 18.5 Å². The van der Waals surface area contributed by atoms with E-state index in [4.69, 9.17) is 5.73 Å². The molecule has 0 radical (unpaired) electrons. The number of nitrogens with one attached hydrogen (secondary N) is 6. The Morgan fingerprint density at radius 2 is 1.33 bits per heavy atom. The zero-order chi connectivity index (χ0) is 43.3. The summed E-state index contributed by atoms with van der Waals surface area (Å²) >= 11 is 0. The largest absolute Gasteiger partial charge is 0.480 e. The molecule has 2 aliphatic heterocycles. The average molecular weight is 825 g/mol. The van der Waals surface area contributed by atoms with E-state index in [1.807, 2.05) is 0 Å². The van der Waals surface area contributed by atoms with Crippen LogP contribution in [0.1, 0.15) is 58.6 Å². The van der Waals surface area contributed by atoms with Gasteiger partial charge >= 0.3 is 5.97 Å². The molecule has 1 aromatic rings. The quantitative estimate of drug-likeness (QED) is 0.0549. The van der Waals surface area contributed by atoms with Crippen LogP contribution in [0, 0.1) is 5.92 Å². The molecule has 9 atom stereocenters. The fraction of sp³-hybridized carbons (Fsp3) is 0.686. The molecule has 2 aliphatic rings. The Morgan fingerprint density at radius 3 is 1.86 bits per heavy atom. The smallest absolute Gasteiger partial charge is 0.328 e. The topological polar surface area (TPSA) is 359 Å². The van der Waals surface area contributed by atoms with E-state index >= 15 is 0 Å². The van der Waals surface area contributed by atoms with Gasteiger partial charge in [0.25, 0.3) is 0 Å². The molecule has 324 valence electrons. The van der Waals surface area contributed by atoms with E-state index < -0.39 is 122 Å². The monoisotopic (exact) mass is 824 g/mol. The predicted octanol–water partition coefficient (Wildman–Crippen LogP) is -5.83. The summed E-state index contributed by atoms with van der Waals surface area (Å²) in [6, 6.07) is -10.9. The number of carbonyl (C=O) groups excluding carboxylic acids is 7. The minimum atomic E-state index is -1.72. The minimum Gasteiger partial charge on any atom is -0.480 e. The van der Waals surface area contributed by atoms with Gasteiger partial charge in [0.05, 0.1) is 32.3 Å². The molecule has 0 spiro atoms. The summed E-state index contributed by atoms with van der Waals surface area (Å²) in [5.41, 5.74) is 5.96. The molecule has 2 fully saturated rings. The molecular weight excluding hydrogens is 768 g/mol. The maximum absolute atomic E-state index is 14.2. The zero-order valence-electron chi connectivity index (χ0n) is 32.6. The van der Waals surface area contributed by atoms with E-state index in [1.165, 1.54) is 22.3 Å². The number of aromatic amines is 1. The number of H-pyrrole nitrogens is 1. The molecule has 58 heavy (non-hydrogen) atoms. The van der Waals surface area contributed by atoms with Crippen LogP contribution in [0.15, 0.2) is 12.5 Å². The van der Waals surface area contributed by atoms with Crippen molar-refractivity contribution in [2.75, 3.05) is 32.9 Å². The normalized spacial score (nSPS) is 20.2. The molecule has 0 bridgehead atoms. The first-order valence-electron chi connectivity index (χ1n) is 19.0. The van der Waals surface area contributed by atoms with Crippen LogP contribution in [0.2, 0.25) is 0 Å². The molecule has 0 unspecified atom stereocenters. The maximum atomic E-state index is 14.2. The lowest BCUT2D eigenvalue weighted by atomic mass is 10.0. The number of carbonyl (C=O) groups is 8. The van der Waals surface area contributed by atoms with Crippen molar-refractivity contribution < 1.29 is 63.9 Å². The van der Waals surface area contributed by atoms with Gasteiger partial charge in [-0.15, -0.1) is 0 Å². The number of aromatic nitrogens is 2. The number of aliphatic carboxylic acids is 1. The van der Waals surface area contributed by atoms with Crippen molar-refractivity contribution in [1.82, 2.24) is 46.4 Å². The summed E-state index contributed by atoms with van der Waals surface area (Å²) in [6.07, 6.45) is 2.53. The molecule has 2 saturated heterocycles. The number of nitrogens with two attached hydrogens (primary N) is 1. The third-order valence-electron chi connectivity index (χ3n) is 9.80. The Bertz CT molecular complexity index is 1610. The summed E-state index contributed by atoms with van der Waals surface area (Å²) in [4.78, 5) is 115.